The Morgan fingerprint density at radius 3 is 2.85 bits per heavy atom. The minimum atomic E-state index is 0.144. The van der Waals surface area contributed by atoms with Crippen molar-refractivity contribution in [2.45, 2.75) is 19.5 Å². The summed E-state index contributed by atoms with van der Waals surface area (Å²) in [5, 5.41) is 3.12. The summed E-state index contributed by atoms with van der Waals surface area (Å²) < 4.78 is 5.22. The van der Waals surface area contributed by atoms with Crippen molar-refractivity contribution in [1.29, 1.82) is 0 Å². The lowest BCUT2D eigenvalue weighted by molar-refractivity contribution is -0.131. The monoisotopic (exact) mass is 270 g/mol. The van der Waals surface area contributed by atoms with Gasteiger partial charge in [-0.2, -0.15) is 0 Å². The molecule has 0 saturated carbocycles. The van der Waals surface area contributed by atoms with Crippen molar-refractivity contribution < 1.29 is 9.21 Å². The lowest BCUT2D eigenvalue weighted by Crippen LogP contribution is -2.41. The molecule has 0 aliphatic carbocycles. The zero-order chi connectivity index (χ0) is 13.8. The predicted molar refractivity (Wildman–Crippen MR) is 76.0 cm³/mol. The maximum absolute atomic E-state index is 12.2. The third kappa shape index (κ3) is 2.91. The number of carbonyl (C=O) groups is 1. The number of amides is 1. The van der Waals surface area contributed by atoms with Crippen LogP contribution in [0.5, 0.6) is 0 Å². The molecule has 0 saturated heterocycles. The third-order valence-electron chi connectivity index (χ3n) is 3.64. The molecule has 0 unspecified atom stereocenters. The standard InChI is InChI=1S/C16H18N2O2/c19-16(11-17-10-15-6-3-9-20-15)18-8-7-13-4-1-2-5-14(13)12-18/h1-6,9,17H,7-8,10-12H2. The van der Waals surface area contributed by atoms with E-state index in [1.165, 1.54) is 11.1 Å². The van der Waals surface area contributed by atoms with Gasteiger partial charge in [-0.1, -0.05) is 24.3 Å². The summed E-state index contributed by atoms with van der Waals surface area (Å²) in [4.78, 5) is 14.1. The Bertz CT molecular complexity index is 578. The molecule has 1 aromatic carbocycles. The van der Waals surface area contributed by atoms with E-state index in [1.807, 2.05) is 23.1 Å². The highest BCUT2D eigenvalue weighted by atomic mass is 16.3. The quantitative estimate of drug-likeness (QED) is 0.923. The lowest BCUT2D eigenvalue weighted by Gasteiger charge is -2.29. The molecule has 1 aliphatic heterocycles. The summed E-state index contributed by atoms with van der Waals surface area (Å²) >= 11 is 0. The first-order chi connectivity index (χ1) is 9.83. The number of hydrogen-bond acceptors (Lipinski definition) is 3. The molecule has 2 heterocycles. The third-order valence-corrected chi connectivity index (χ3v) is 3.64. The zero-order valence-corrected chi connectivity index (χ0v) is 11.3. The molecule has 2 aromatic rings. The van der Waals surface area contributed by atoms with Crippen molar-refractivity contribution in [3.05, 3.63) is 59.5 Å². The molecule has 0 radical (unpaired) electrons. The van der Waals surface area contributed by atoms with Crippen LogP contribution in [0.2, 0.25) is 0 Å². The van der Waals surface area contributed by atoms with Crippen LogP contribution >= 0.6 is 0 Å². The fraction of sp³-hybridized carbons (Fsp3) is 0.312. The van der Waals surface area contributed by atoms with Crippen molar-refractivity contribution >= 4 is 5.91 Å². The molecule has 1 aliphatic rings. The first-order valence-electron chi connectivity index (χ1n) is 6.90. The summed E-state index contributed by atoms with van der Waals surface area (Å²) in [6.45, 7) is 2.46. The Hall–Kier alpha value is -2.07. The normalized spacial score (nSPS) is 14.1. The highest BCUT2D eigenvalue weighted by Crippen LogP contribution is 2.18. The minimum absolute atomic E-state index is 0.144. The zero-order valence-electron chi connectivity index (χ0n) is 11.3. The van der Waals surface area contributed by atoms with Crippen LogP contribution in [0.3, 0.4) is 0 Å². The van der Waals surface area contributed by atoms with Gasteiger partial charge in [0.25, 0.3) is 0 Å². The predicted octanol–water partition coefficient (Wildman–Crippen LogP) is 1.95. The van der Waals surface area contributed by atoms with Crippen LogP contribution in [0, 0.1) is 0 Å². The molecular formula is C16H18N2O2. The van der Waals surface area contributed by atoms with Crippen molar-refractivity contribution in [2.24, 2.45) is 0 Å². The highest BCUT2D eigenvalue weighted by Gasteiger charge is 2.19. The summed E-state index contributed by atoms with van der Waals surface area (Å²) in [7, 11) is 0. The van der Waals surface area contributed by atoms with Crippen molar-refractivity contribution in [3.8, 4) is 0 Å². The molecular weight excluding hydrogens is 252 g/mol. The van der Waals surface area contributed by atoms with E-state index in [4.69, 9.17) is 4.42 Å². The van der Waals surface area contributed by atoms with Gasteiger partial charge in [-0.15, -0.1) is 0 Å². The van der Waals surface area contributed by atoms with Crippen molar-refractivity contribution in [1.82, 2.24) is 10.2 Å². The first-order valence-corrected chi connectivity index (χ1v) is 6.90. The number of furan rings is 1. The smallest absolute Gasteiger partial charge is 0.236 e. The summed E-state index contributed by atoms with van der Waals surface area (Å²) in [6, 6.07) is 12.1. The number of nitrogens with one attached hydrogen (secondary N) is 1. The van der Waals surface area contributed by atoms with E-state index in [1.54, 1.807) is 6.26 Å². The molecule has 104 valence electrons. The molecule has 0 fully saturated rings. The first kappa shape index (κ1) is 12.9. The second-order valence-electron chi connectivity index (χ2n) is 5.02. The number of fused-ring (bicyclic) bond motifs is 1. The van der Waals surface area contributed by atoms with Crippen molar-refractivity contribution in [2.75, 3.05) is 13.1 Å². The van der Waals surface area contributed by atoms with E-state index >= 15 is 0 Å². The SMILES string of the molecule is O=C(CNCc1ccco1)N1CCc2ccccc2C1. The van der Waals surface area contributed by atoms with Gasteiger partial charge < -0.3 is 14.6 Å². The summed E-state index contributed by atoms with van der Waals surface area (Å²) in [5.41, 5.74) is 2.62. The fourth-order valence-electron chi connectivity index (χ4n) is 2.53. The average molecular weight is 270 g/mol. The Morgan fingerprint density at radius 1 is 1.20 bits per heavy atom. The number of benzene rings is 1. The maximum atomic E-state index is 12.2. The van der Waals surface area contributed by atoms with Crippen LogP contribution in [0.1, 0.15) is 16.9 Å². The van der Waals surface area contributed by atoms with Gasteiger partial charge >= 0.3 is 0 Å². The molecule has 20 heavy (non-hydrogen) atoms. The molecule has 1 N–H and O–H groups in total. The molecule has 4 nitrogen and oxygen atoms in total. The van der Waals surface area contributed by atoms with Crippen LogP contribution in [-0.2, 0) is 24.3 Å². The lowest BCUT2D eigenvalue weighted by atomic mass is 10.00. The Labute approximate surface area is 118 Å². The molecule has 4 heteroatoms. The molecule has 3 rings (SSSR count). The number of carbonyl (C=O) groups excluding carboxylic acids is 1. The second-order valence-corrected chi connectivity index (χ2v) is 5.02. The summed E-state index contributed by atoms with van der Waals surface area (Å²) in [6.07, 6.45) is 2.58. The molecule has 0 bridgehead atoms. The van der Waals surface area contributed by atoms with Crippen LogP contribution in [0.4, 0.5) is 0 Å². The van der Waals surface area contributed by atoms with Gasteiger partial charge in [0.2, 0.25) is 5.91 Å². The van der Waals surface area contributed by atoms with Gasteiger partial charge in [-0.05, 0) is 29.7 Å². The van der Waals surface area contributed by atoms with Crippen molar-refractivity contribution in [3.63, 3.8) is 0 Å². The van der Waals surface area contributed by atoms with Gasteiger partial charge in [0, 0.05) is 13.1 Å². The molecule has 0 atom stereocenters. The van der Waals surface area contributed by atoms with E-state index in [0.717, 1.165) is 25.3 Å². The largest absolute Gasteiger partial charge is 0.468 e. The second kappa shape index (κ2) is 5.92. The van der Waals surface area contributed by atoms with Gasteiger partial charge in [-0.25, -0.2) is 0 Å². The van der Waals surface area contributed by atoms with E-state index in [2.05, 4.69) is 23.5 Å². The van der Waals surface area contributed by atoms with Gasteiger partial charge in [-0.3, -0.25) is 4.79 Å². The molecule has 0 spiro atoms. The Kier molecular flexibility index (Phi) is 3.83. The van der Waals surface area contributed by atoms with Gasteiger partial charge in [0.05, 0.1) is 19.4 Å². The average Bonchev–Trinajstić information content (AvgIpc) is 3.00. The Balaban J connectivity index is 1.51. The fourth-order valence-corrected chi connectivity index (χ4v) is 2.53. The molecule has 1 aromatic heterocycles. The van der Waals surface area contributed by atoms with Crippen LogP contribution in [0.15, 0.2) is 47.1 Å². The van der Waals surface area contributed by atoms with Gasteiger partial charge in [0.15, 0.2) is 0 Å². The molecule has 1 amide bonds. The van der Waals surface area contributed by atoms with Crippen LogP contribution in [0.25, 0.3) is 0 Å². The van der Waals surface area contributed by atoms with E-state index < -0.39 is 0 Å². The minimum Gasteiger partial charge on any atom is -0.468 e. The van der Waals surface area contributed by atoms with Gasteiger partial charge in [0.1, 0.15) is 5.76 Å². The number of rotatable bonds is 4. The maximum Gasteiger partial charge on any atom is 0.236 e. The highest BCUT2D eigenvalue weighted by molar-refractivity contribution is 5.78. The van der Waals surface area contributed by atoms with E-state index in [0.29, 0.717) is 13.1 Å². The number of hydrogen-bond donors (Lipinski definition) is 1. The topological polar surface area (TPSA) is 45.5 Å². The van der Waals surface area contributed by atoms with Crippen LogP contribution in [-0.4, -0.2) is 23.9 Å². The Morgan fingerprint density at radius 2 is 2.05 bits per heavy atom. The van der Waals surface area contributed by atoms with E-state index in [9.17, 15) is 4.79 Å². The number of nitrogens with zero attached hydrogens (tertiary/aromatic N) is 1. The summed E-state index contributed by atoms with van der Waals surface area (Å²) in [5.74, 6) is 0.993. The van der Waals surface area contributed by atoms with Crippen LogP contribution < -0.4 is 5.32 Å². The van der Waals surface area contributed by atoms with E-state index in [-0.39, 0.29) is 5.91 Å².